The van der Waals surface area contributed by atoms with Crippen molar-refractivity contribution in [1.82, 2.24) is 0 Å². The van der Waals surface area contributed by atoms with Gasteiger partial charge in [-0.2, -0.15) is 0 Å². The highest BCUT2D eigenvalue weighted by Gasteiger charge is 2.25. The lowest BCUT2D eigenvalue weighted by Gasteiger charge is -2.25. The number of carboxylic acid groups (broad SMARTS) is 1. The van der Waals surface area contributed by atoms with Crippen molar-refractivity contribution >= 4 is 23.7 Å². The molecule has 1 N–H and O–H groups in total. The van der Waals surface area contributed by atoms with Crippen LogP contribution in [0.15, 0.2) is 12.1 Å². The summed E-state index contributed by atoms with van der Waals surface area (Å²) in [5, 5.41) is 9.37. The first-order chi connectivity index (χ1) is 11.7. The van der Waals surface area contributed by atoms with Gasteiger partial charge in [0.05, 0.1) is 24.5 Å². The topological polar surface area (TPSA) is 93.1 Å². The lowest BCUT2D eigenvalue weighted by atomic mass is 10.1. The van der Waals surface area contributed by atoms with Gasteiger partial charge in [0.2, 0.25) is 0 Å². The Hall–Kier alpha value is -2.64. The van der Waals surface area contributed by atoms with Crippen LogP contribution < -0.4 is 4.90 Å². The molecule has 0 saturated heterocycles. The number of benzene rings is 1. The third kappa shape index (κ3) is 5.74. The van der Waals surface area contributed by atoms with Gasteiger partial charge in [-0.1, -0.05) is 0 Å². The molecule has 0 aliphatic carbocycles. The first-order valence-corrected chi connectivity index (χ1v) is 7.75. The fraction of sp³-hybridized carbons (Fsp3) is 0.471. The van der Waals surface area contributed by atoms with Crippen molar-refractivity contribution in [3.8, 4) is 0 Å². The molecule has 0 spiro atoms. The molecule has 1 aromatic carbocycles. The van der Waals surface area contributed by atoms with Crippen LogP contribution in [-0.2, 0) is 14.3 Å². The number of amides is 1. The molecule has 0 aromatic heterocycles. The van der Waals surface area contributed by atoms with Crippen molar-refractivity contribution in [2.24, 2.45) is 0 Å². The molecule has 0 saturated carbocycles. The predicted octanol–water partition coefficient (Wildman–Crippen LogP) is 3.14. The van der Waals surface area contributed by atoms with E-state index in [2.05, 4.69) is 4.74 Å². The summed E-state index contributed by atoms with van der Waals surface area (Å²) in [4.78, 5) is 36.1. The molecule has 0 atom stereocenters. The SMILES string of the molecule is COC(=O)CCCN(C(=O)OC(C)C)c1cc(F)c(C)cc1C(=O)O. The van der Waals surface area contributed by atoms with E-state index in [1.54, 1.807) is 13.8 Å². The number of nitrogens with zero attached hydrogens (tertiary/aromatic N) is 1. The highest BCUT2D eigenvalue weighted by molar-refractivity contribution is 6.00. The number of rotatable bonds is 7. The van der Waals surface area contributed by atoms with E-state index in [-0.39, 0.29) is 36.2 Å². The van der Waals surface area contributed by atoms with Crippen LogP contribution in [0.5, 0.6) is 0 Å². The second-order valence-electron chi connectivity index (χ2n) is 5.69. The Morgan fingerprint density at radius 1 is 1.28 bits per heavy atom. The largest absolute Gasteiger partial charge is 0.478 e. The van der Waals surface area contributed by atoms with Crippen LogP contribution in [0.3, 0.4) is 0 Å². The van der Waals surface area contributed by atoms with E-state index in [0.717, 1.165) is 17.0 Å². The fourth-order valence-corrected chi connectivity index (χ4v) is 2.12. The second kappa shape index (κ2) is 9.00. The Morgan fingerprint density at radius 2 is 1.92 bits per heavy atom. The Bertz CT molecular complexity index is 659. The molecule has 0 aliphatic rings. The molecule has 0 unspecified atom stereocenters. The number of aryl methyl sites for hydroxylation is 1. The summed E-state index contributed by atoms with van der Waals surface area (Å²) in [5.41, 5.74) is -0.198. The molecule has 1 rings (SSSR count). The average molecular weight is 355 g/mol. The first-order valence-electron chi connectivity index (χ1n) is 7.75. The van der Waals surface area contributed by atoms with Crippen molar-refractivity contribution in [2.45, 2.75) is 39.7 Å². The summed E-state index contributed by atoms with van der Waals surface area (Å²) < 4.78 is 23.6. The summed E-state index contributed by atoms with van der Waals surface area (Å²) >= 11 is 0. The number of anilines is 1. The number of halogens is 1. The quantitative estimate of drug-likeness (QED) is 0.755. The number of carboxylic acids is 1. The van der Waals surface area contributed by atoms with Crippen molar-refractivity contribution in [3.05, 3.63) is 29.1 Å². The molecule has 138 valence electrons. The van der Waals surface area contributed by atoms with Gasteiger partial charge in [0.15, 0.2) is 0 Å². The van der Waals surface area contributed by atoms with Crippen LogP contribution >= 0.6 is 0 Å². The van der Waals surface area contributed by atoms with Crippen LogP contribution in [0.2, 0.25) is 0 Å². The maximum Gasteiger partial charge on any atom is 0.414 e. The van der Waals surface area contributed by atoms with E-state index in [4.69, 9.17) is 4.74 Å². The number of aromatic carboxylic acids is 1. The minimum absolute atomic E-state index is 0.0244. The molecule has 1 amide bonds. The lowest BCUT2D eigenvalue weighted by molar-refractivity contribution is -0.140. The van der Waals surface area contributed by atoms with E-state index in [1.165, 1.54) is 14.0 Å². The van der Waals surface area contributed by atoms with E-state index < -0.39 is 30.0 Å². The molecular weight excluding hydrogens is 333 g/mol. The third-order valence-electron chi connectivity index (χ3n) is 3.35. The minimum atomic E-state index is -1.30. The monoisotopic (exact) mass is 355 g/mol. The summed E-state index contributed by atoms with van der Waals surface area (Å²) in [6.07, 6.45) is -1.03. The lowest BCUT2D eigenvalue weighted by Crippen LogP contribution is -2.35. The Kier molecular flexibility index (Phi) is 7.35. The number of carbonyl (C=O) groups is 3. The third-order valence-corrected chi connectivity index (χ3v) is 3.35. The van der Waals surface area contributed by atoms with Crippen molar-refractivity contribution in [3.63, 3.8) is 0 Å². The Labute approximate surface area is 145 Å². The maximum absolute atomic E-state index is 14.0. The number of esters is 1. The van der Waals surface area contributed by atoms with E-state index in [9.17, 15) is 23.9 Å². The summed E-state index contributed by atoms with van der Waals surface area (Å²) in [7, 11) is 1.24. The fourth-order valence-electron chi connectivity index (χ4n) is 2.12. The molecule has 8 heteroatoms. The zero-order chi connectivity index (χ0) is 19.1. The molecule has 7 nitrogen and oxygen atoms in total. The van der Waals surface area contributed by atoms with E-state index in [0.29, 0.717) is 0 Å². The molecule has 1 aromatic rings. The highest BCUT2D eigenvalue weighted by Crippen LogP contribution is 2.26. The highest BCUT2D eigenvalue weighted by atomic mass is 19.1. The van der Waals surface area contributed by atoms with Crippen LogP contribution in [0.25, 0.3) is 0 Å². The van der Waals surface area contributed by atoms with Gasteiger partial charge in [-0.25, -0.2) is 14.0 Å². The molecule has 0 radical (unpaired) electrons. The number of methoxy groups -OCH3 is 1. The summed E-state index contributed by atoms with van der Waals surface area (Å²) in [6.45, 7) is 4.68. The second-order valence-corrected chi connectivity index (χ2v) is 5.69. The first kappa shape index (κ1) is 20.4. The smallest absolute Gasteiger partial charge is 0.414 e. The average Bonchev–Trinajstić information content (AvgIpc) is 2.52. The summed E-state index contributed by atoms with van der Waals surface area (Å²) in [6, 6.07) is 2.14. The van der Waals surface area contributed by atoms with Gasteiger partial charge in [-0.05, 0) is 44.9 Å². The standard InChI is InChI=1S/C17H22FNO6/c1-10(2)25-17(23)19(7-5-6-15(20)24-4)14-9-13(18)11(3)8-12(14)16(21)22/h8-10H,5-7H2,1-4H3,(H,21,22). The Morgan fingerprint density at radius 3 is 2.44 bits per heavy atom. The van der Waals surface area contributed by atoms with Crippen LogP contribution in [0, 0.1) is 12.7 Å². The van der Waals surface area contributed by atoms with Crippen LogP contribution in [0.1, 0.15) is 42.6 Å². The molecular formula is C17H22FNO6. The molecule has 0 bridgehead atoms. The minimum Gasteiger partial charge on any atom is -0.478 e. The van der Waals surface area contributed by atoms with E-state index in [1.807, 2.05) is 0 Å². The molecule has 0 aliphatic heterocycles. The van der Waals surface area contributed by atoms with Crippen LogP contribution in [-0.4, -0.2) is 42.9 Å². The van der Waals surface area contributed by atoms with Gasteiger partial charge in [0.1, 0.15) is 5.82 Å². The van der Waals surface area contributed by atoms with E-state index >= 15 is 0 Å². The molecule has 25 heavy (non-hydrogen) atoms. The normalized spacial score (nSPS) is 10.5. The molecule has 0 fully saturated rings. The predicted molar refractivity (Wildman–Crippen MR) is 88.3 cm³/mol. The van der Waals surface area contributed by atoms with Gasteiger partial charge in [0, 0.05) is 13.0 Å². The van der Waals surface area contributed by atoms with Crippen molar-refractivity contribution in [1.29, 1.82) is 0 Å². The number of carbonyl (C=O) groups excluding carboxylic acids is 2. The summed E-state index contributed by atoms with van der Waals surface area (Å²) in [5.74, 6) is -2.41. The van der Waals surface area contributed by atoms with Crippen molar-refractivity contribution in [2.75, 3.05) is 18.6 Å². The zero-order valence-corrected chi connectivity index (χ0v) is 14.7. The maximum atomic E-state index is 14.0. The number of hydrogen-bond donors (Lipinski definition) is 1. The van der Waals surface area contributed by atoms with Gasteiger partial charge in [-0.3, -0.25) is 9.69 Å². The molecule has 0 heterocycles. The van der Waals surface area contributed by atoms with Crippen LogP contribution in [0.4, 0.5) is 14.9 Å². The zero-order valence-electron chi connectivity index (χ0n) is 14.7. The Balaban J connectivity index is 3.21. The van der Waals surface area contributed by atoms with Gasteiger partial charge in [-0.15, -0.1) is 0 Å². The van der Waals surface area contributed by atoms with Gasteiger partial charge in [0.25, 0.3) is 0 Å². The number of ether oxygens (including phenoxy) is 2. The van der Waals surface area contributed by atoms with Crippen molar-refractivity contribution < 1.29 is 33.4 Å². The number of hydrogen-bond acceptors (Lipinski definition) is 5. The van der Waals surface area contributed by atoms with Gasteiger partial charge < -0.3 is 14.6 Å². The van der Waals surface area contributed by atoms with Gasteiger partial charge >= 0.3 is 18.0 Å².